The molecule has 4 nitrogen and oxygen atoms in total. The fourth-order valence-corrected chi connectivity index (χ4v) is 3.65. The van der Waals surface area contributed by atoms with Crippen molar-refractivity contribution in [2.75, 3.05) is 6.54 Å². The molecule has 0 aromatic carbocycles. The number of nitrogens with one attached hydrogen (secondary N) is 2. The third-order valence-corrected chi connectivity index (χ3v) is 5.18. The minimum atomic E-state index is -0.665. The van der Waals surface area contributed by atoms with Crippen LogP contribution in [0.2, 0.25) is 0 Å². The molecular weight excluding hydrogens is 288 g/mol. The van der Waals surface area contributed by atoms with E-state index in [1.54, 1.807) is 0 Å². The van der Waals surface area contributed by atoms with Crippen molar-refractivity contribution in [1.82, 2.24) is 10.6 Å². The predicted octanol–water partition coefficient (Wildman–Crippen LogP) is 4.24. The lowest BCUT2D eigenvalue weighted by atomic mass is 10.1. The molecule has 0 radical (unpaired) electrons. The fourth-order valence-electron chi connectivity index (χ4n) is 3.65. The highest BCUT2D eigenvalue weighted by atomic mass is 16.6. The Kier molecular flexibility index (Phi) is 8.38. The minimum absolute atomic E-state index is 0.0364. The van der Waals surface area contributed by atoms with E-state index in [9.17, 15) is 4.79 Å². The van der Waals surface area contributed by atoms with Crippen LogP contribution in [0.3, 0.4) is 0 Å². The van der Waals surface area contributed by atoms with E-state index in [-0.39, 0.29) is 12.1 Å². The molecule has 0 spiro atoms. The van der Waals surface area contributed by atoms with E-state index in [0.717, 1.165) is 25.8 Å². The number of fused-ring (bicyclic) bond motifs is 1. The summed E-state index contributed by atoms with van der Waals surface area (Å²) in [6, 6.07) is 0. The van der Waals surface area contributed by atoms with Crippen LogP contribution in [0.5, 0.6) is 0 Å². The third-order valence-electron chi connectivity index (χ3n) is 5.18. The maximum atomic E-state index is 12.0. The Bertz CT molecular complexity index is 335. The molecule has 134 valence electrons. The fraction of sp³-hybridized carbons (Fsp3) is 0.947. The number of ether oxygens (including phenoxy) is 1. The molecule has 3 aliphatic rings. The first-order valence-corrected chi connectivity index (χ1v) is 10.0. The molecule has 3 saturated heterocycles. The smallest absolute Gasteiger partial charge is 0.267 e. The Hall–Kier alpha value is -0.610. The van der Waals surface area contributed by atoms with Gasteiger partial charge in [-0.3, -0.25) is 10.1 Å². The Morgan fingerprint density at radius 1 is 1.00 bits per heavy atom. The number of amides is 1. The zero-order chi connectivity index (χ0) is 16.4. The Morgan fingerprint density at radius 2 is 1.52 bits per heavy atom. The van der Waals surface area contributed by atoms with Gasteiger partial charge in [-0.25, -0.2) is 0 Å². The maximum absolute atomic E-state index is 12.0. The molecule has 0 aliphatic carbocycles. The molecule has 1 amide bonds. The van der Waals surface area contributed by atoms with Gasteiger partial charge in [0.2, 0.25) is 5.72 Å². The van der Waals surface area contributed by atoms with E-state index < -0.39 is 5.72 Å². The van der Waals surface area contributed by atoms with E-state index in [2.05, 4.69) is 17.6 Å². The molecule has 4 heteroatoms. The van der Waals surface area contributed by atoms with Crippen molar-refractivity contribution in [3.63, 3.8) is 0 Å². The summed E-state index contributed by atoms with van der Waals surface area (Å²) in [5, 5.41) is 6.20. The lowest BCUT2D eigenvalue weighted by molar-refractivity contribution is -0.197. The molecule has 0 aromatic rings. The van der Waals surface area contributed by atoms with Gasteiger partial charge in [0.15, 0.2) is 0 Å². The number of unbranched alkanes of at least 4 members (excludes halogenated alkanes) is 11. The summed E-state index contributed by atoms with van der Waals surface area (Å²) in [6.45, 7) is 3.06. The number of hydrogen-bond donors (Lipinski definition) is 2. The summed E-state index contributed by atoms with van der Waals surface area (Å²) in [4.78, 5) is 12.0. The van der Waals surface area contributed by atoms with Crippen LogP contribution in [-0.2, 0) is 9.53 Å². The molecule has 2 atom stereocenters. The monoisotopic (exact) mass is 324 g/mol. The quantitative estimate of drug-likeness (QED) is 0.470. The predicted molar refractivity (Wildman–Crippen MR) is 94.1 cm³/mol. The van der Waals surface area contributed by atoms with Crippen molar-refractivity contribution in [3.05, 3.63) is 0 Å². The van der Waals surface area contributed by atoms with Crippen molar-refractivity contribution < 1.29 is 9.53 Å². The summed E-state index contributed by atoms with van der Waals surface area (Å²) in [5.41, 5.74) is -0.665. The van der Waals surface area contributed by atoms with Crippen molar-refractivity contribution in [2.45, 2.75) is 109 Å². The Morgan fingerprint density at radius 3 is 2.00 bits per heavy atom. The first kappa shape index (κ1) is 18.7. The van der Waals surface area contributed by atoms with Crippen molar-refractivity contribution in [3.8, 4) is 0 Å². The van der Waals surface area contributed by atoms with Gasteiger partial charge in [-0.1, -0.05) is 77.6 Å². The molecule has 2 unspecified atom stereocenters. The zero-order valence-electron chi connectivity index (χ0n) is 15.0. The van der Waals surface area contributed by atoms with E-state index in [4.69, 9.17) is 4.74 Å². The van der Waals surface area contributed by atoms with Gasteiger partial charge in [0.1, 0.15) is 6.23 Å². The van der Waals surface area contributed by atoms with Crippen LogP contribution in [-0.4, -0.2) is 24.4 Å². The molecule has 0 saturated carbocycles. The molecular formula is C19H36N2O2. The van der Waals surface area contributed by atoms with Crippen LogP contribution in [0, 0.1) is 0 Å². The second-order valence-electron chi connectivity index (χ2n) is 7.26. The van der Waals surface area contributed by atoms with Crippen molar-refractivity contribution >= 4 is 5.91 Å². The SMILES string of the molecule is CCCCCCCCCCCCCCNC(=O)C12CCC(N1)O2. The first-order chi connectivity index (χ1) is 11.3. The van der Waals surface area contributed by atoms with E-state index >= 15 is 0 Å². The minimum Gasteiger partial charge on any atom is -0.352 e. The zero-order valence-corrected chi connectivity index (χ0v) is 15.0. The summed E-state index contributed by atoms with van der Waals surface area (Å²) < 4.78 is 5.54. The Balaban J connectivity index is 1.30. The Labute approximate surface area is 142 Å². The standard InChI is InChI=1S/C19H36N2O2/c1-2-3-4-5-6-7-8-9-10-11-12-13-16-20-18(22)19-15-14-17(21-19)23-19/h17,21H,2-16H2,1H3,(H,20,22). The highest BCUT2D eigenvalue weighted by Gasteiger charge is 2.56. The average Bonchev–Trinajstić information content (AvgIpc) is 3.13. The average molecular weight is 325 g/mol. The molecule has 3 heterocycles. The van der Waals surface area contributed by atoms with Crippen molar-refractivity contribution in [2.24, 2.45) is 0 Å². The summed E-state index contributed by atoms with van der Waals surface area (Å²) in [5.74, 6) is 0.0364. The van der Waals surface area contributed by atoms with E-state index in [1.165, 1.54) is 70.6 Å². The van der Waals surface area contributed by atoms with Gasteiger partial charge >= 0.3 is 0 Å². The maximum Gasteiger partial charge on any atom is 0.267 e. The second-order valence-corrected chi connectivity index (χ2v) is 7.26. The molecule has 3 fully saturated rings. The van der Waals surface area contributed by atoms with Gasteiger partial charge in [0, 0.05) is 13.0 Å². The normalized spacial score (nSPS) is 25.3. The number of rotatable bonds is 14. The largest absolute Gasteiger partial charge is 0.352 e. The third kappa shape index (κ3) is 6.07. The van der Waals surface area contributed by atoms with E-state index in [0.29, 0.717) is 0 Å². The lowest BCUT2D eigenvalue weighted by Crippen LogP contribution is -2.66. The van der Waals surface area contributed by atoms with Crippen LogP contribution in [0.4, 0.5) is 0 Å². The van der Waals surface area contributed by atoms with Gasteiger partial charge in [0.05, 0.1) is 0 Å². The highest BCUT2D eigenvalue weighted by molar-refractivity contribution is 5.86. The number of carbonyl (C=O) groups excluding carboxylic acids is 1. The molecule has 2 bridgehead atoms. The van der Waals surface area contributed by atoms with Crippen LogP contribution in [0.1, 0.15) is 96.8 Å². The van der Waals surface area contributed by atoms with Crippen molar-refractivity contribution in [1.29, 1.82) is 0 Å². The summed E-state index contributed by atoms with van der Waals surface area (Å²) in [6.07, 6.45) is 18.1. The van der Waals surface area contributed by atoms with Gasteiger partial charge in [-0.2, -0.15) is 0 Å². The lowest BCUT2D eigenvalue weighted by Gasteiger charge is -2.38. The second kappa shape index (κ2) is 10.3. The highest BCUT2D eigenvalue weighted by Crippen LogP contribution is 2.37. The molecule has 3 aliphatic heterocycles. The van der Waals surface area contributed by atoms with Crippen LogP contribution < -0.4 is 10.6 Å². The molecule has 23 heavy (non-hydrogen) atoms. The molecule has 0 aromatic heterocycles. The van der Waals surface area contributed by atoms with E-state index in [1.807, 2.05) is 0 Å². The van der Waals surface area contributed by atoms with Crippen LogP contribution in [0.15, 0.2) is 0 Å². The summed E-state index contributed by atoms with van der Waals surface area (Å²) in [7, 11) is 0. The van der Waals surface area contributed by atoms with Gasteiger partial charge in [-0.05, 0) is 12.8 Å². The topological polar surface area (TPSA) is 50.4 Å². The summed E-state index contributed by atoms with van der Waals surface area (Å²) >= 11 is 0. The van der Waals surface area contributed by atoms with Crippen LogP contribution in [0.25, 0.3) is 0 Å². The van der Waals surface area contributed by atoms with Gasteiger partial charge < -0.3 is 10.1 Å². The van der Waals surface area contributed by atoms with Gasteiger partial charge in [0.25, 0.3) is 5.91 Å². The first-order valence-electron chi connectivity index (χ1n) is 10.0. The number of hydrogen-bond acceptors (Lipinski definition) is 3. The number of carbonyl (C=O) groups is 1. The van der Waals surface area contributed by atoms with Crippen LogP contribution >= 0.6 is 0 Å². The molecule has 2 N–H and O–H groups in total. The molecule has 3 rings (SSSR count). The van der Waals surface area contributed by atoms with Gasteiger partial charge in [-0.15, -0.1) is 0 Å².